The average Bonchev–Trinajstić information content (AvgIpc) is 2.74. The number of allylic oxidation sites excluding steroid dienone is 4. The molecule has 0 unspecified atom stereocenters. The molecule has 0 radical (unpaired) electrons. The smallest absolute Gasteiger partial charge is 0.0873 e. The Morgan fingerprint density at radius 2 is 2.08 bits per heavy atom. The molecule has 1 aliphatic heterocycles. The summed E-state index contributed by atoms with van der Waals surface area (Å²) < 4.78 is 5.26. The van der Waals surface area contributed by atoms with Crippen molar-refractivity contribution in [3.63, 3.8) is 0 Å². The fraction of sp³-hybridized carbons (Fsp3) is 0.455. The van der Waals surface area contributed by atoms with Crippen LogP contribution in [0.4, 0.5) is 0 Å². The van der Waals surface area contributed by atoms with Crippen LogP contribution < -0.4 is 0 Å². The lowest BCUT2D eigenvalue weighted by Gasteiger charge is -1.83. The van der Waals surface area contributed by atoms with Gasteiger partial charge in [-0.2, -0.15) is 0 Å². The first kappa shape index (κ1) is 9.27. The minimum atomic E-state index is 0.485. The number of epoxide rings is 1. The summed E-state index contributed by atoms with van der Waals surface area (Å²) in [5, 5.41) is 0. The van der Waals surface area contributed by atoms with E-state index in [0.717, 1.165) is 12.8 Å². The van der Waals surface area contributed by atoms with Crippen LogP contribution in [0.3, 0.4) is 0 Å². The maximum atomic E-state index is 5.26. The third kappa shape index (κ3) is 3.54. The largest absolute Gasteiger partial charge is 0.370 e. The lowest BCUT2D eigenvalue weighted by atomic mass is 10.2. The molecule has 0 bridgehead atoms. The van der Waals surface area contributed by atoms with Gasteiger partial charge in [-0.3, -0.25) is 0 Å². The van der Waals surface area contributed by atoms with Crippen molar-refractivity contribution in [3.05, 3.63) is 37.0 Å². The summed E-state index contributed by atoms with van der Waals surface area (Å²) in [6, 6.07) is 0. The van der Waals surface area contributed by atoms with Gasteiger partial charge in [-0.25, -0.2) is 0 Å². The highest BCUT2D eigenvalue weighted by atomic mass is 16.6. The molecule has 1 nitrogen and oxygen atoms in total. The third-order valence-electron chi connectivity index (χ3n) is 1.92. The van der Waals surface area contributed by atoms with Crippen LogP contribution in [0, 0.1) is 0 Å². The molecule has 0 aromatic rings. The molecule has 12 heavy (non-hydrogen) atoms. The van der Waals surface area contributed by atoms with Crippen LogP contribution in [0.2, 0.25) is 0 Å². The Morgan fingerprint density at radius 1 is 1.33 bits per heavy atom. The molecule has 0 N–H and O–H groups in total. The summed E-state index contributed by atoms with van der Waals surface area (Å²) >= 11 is 0. The summed E-state index contributed by atoms with van der Waals surface area (Å²) in [6.07, 6.45) is 13.2. The molecule has 1 fully saturated rings. The first-order valence-electron chi connectivity index (χ1n) is 4.42. The molecule has 0 aromatic heterocycles. The summed E-state index contributed by atoms with van der Waals surface area (Å²) in [6.45, 7) is 5.70. The molecule has 0 aromatic carbocycles. The fourth-order valence-corrected chi connectivity index (χ4v) is 1.06. The van der Waals surface area contributed by atoms with Crippen LogP contribution in [0.15, 0.2) is 37.0 Å². The van der Waals surface area contributed by atoms with E-state index in [9.17, 15) is 0 Å². The maximum absolute atomic E-state index is 5.26. The zero-order valence-electron chi connectivity index (χ0n) is 7.57. The van der Waals surface area contributed by atoms with Gasteiger partial charge < -0.3 is 4.74 Å². The lowest BCUT2D eigenvalue weighted by Crippen LogP contribution is -1.84. The highest BCUT2D eigenvalue weighted by Crippen LogP contribution is 2.24. The predicted octanol–water partition coefficient (Wildman–Crippen LogP) is 2.85. The van der Waals surface area contributed by atoms with E-state index in [2.05, 4.69) is 31.7 Å². The van der Waals surface area contributed by atoms with Crippen molar-refractivity contribution >= 4 is 0 Å². The van der Waals surface area contributed by atoms with E-state index < -0.39 is 0 Å². The monoisotopic (exact) mass is 164 g/mol. The molecular formula is C11H16O. The van der Waals surface area contributed by atoms with Crippen LogP contribution >= 0.6 is 0 Å². The molecule has 1 heteroatoms. The van der Waals surface area contributed by atoms with Crippen LogP contribution in [-0.2, 0) is 4.74 Å². The van der Waals surface area contributed by atoms with Gasteiger partial charge in [0.05, 0.1) is 12.2 Å². The van der Waals surface area contributed by atoms with E-state index in [1.807, 2.05) is 6.08 Å². The molecule has 1 heterocycles. The fourth-order valence-electron chi connectivity index (χ4n) is 1.06. The Hall–Kier alpha value is -0.820. The number of ether oxygens (including phenoxy) is 1. The van der Waals surface area contributed by atoms with E-state index in [1.165, 1.54) is 0 Å². The molecule has 1 aliphatic rings. The Labute approximate surface area is 74.4 Å². The van der Waals surface area contributed by atoms with Gasteiger partial charge in [-0.1, -0.05) is 37.0 Å². The average molecular weight is 164 g/mol. The van der Waals surface area contributed by atoms with Gasteiger partial charge in [0, 0.05) is 0 Å². The molecule has 0 saturated carbocycles. The Morgan fingerprint density at radius 3 is 2.67 bits per heavy atom. The van der Waals surface area contributed by atoms with Gasteiger partial charge in [0.1, 0.15) is 0 Å². The van der Waals surface area contributed by atoms with E-state index in [1.54, 1.807) is 6.08 Å². The van der Waals surface area contributed by atoms with Gasteiger partial charge >= 0.3 is 0 Å². The van der Waals surface area contributed by atoms with Crippen LogP contribution in [0.25, 0.3) is 0 Å². The van der Waals surface area contributed by atoms with Crippen molar-refractivity contribution in [1.82, 2.24) is 0 Å². The summed E-state index contributed by atoms with van der Waals surface area (Å²) in [7, 11) is 0. The zero-order chi connectivity index (χ0) is 8.81. The van der Waals surface area contributed by atoms with Crippen molar-refractivity contribution in [1.29, 1.82) is 0 Å². The van der Waals surface area contributed by atoms with Crippen molar-refractivity contribution in [2.24, 2.45) is 0 Å². The van der Waals surface area contributed by atoms with Crippen molar-refractivity contribution in [2.75, 3.05) is 0 Å². The first-order valence-corrected chi connectivity index (χ1v) is 4.42. The van der Waals surface area contributed by atoms with E-state index >= 15 is 0 Å². The Kier molecular flexibility index (Phi) is 3.81. The van der Waals surface area contributed by atoms with Crippen LogP contribution in [0.1, 0.15) is 19.8 Å². The van der Waals surface area contributed by atoms with E-state index in [-0.39, 0.29) is 0 Å². The minimum absolute atomic E-state index is 0.485. The van der Waals surface area contributed by atoms with Gasteiger partial charge in [0.2, 0.25) is 0 Å². The Balaban J connectivity index is 1.98. The highest BCUT2D eigenvalue weighted by molar-refractivity contribution is 5.02. The molecule has 0 spiro atoms. The summed E-state index contributed by atoms with van der Waals surface area (Å²) in [5.74, 6) is 0. The van der Waals surface area contributed by atoms with Crippen LogP contribution in [0.5, 0.6) is 0 Å². The van der Waals surface area contributed by atoms with Crippen molar-refractivity contribution < 1.29 is 4.74 Å². The summed E-state index contributed by atoms with van der Waals surface area (Å²) in [4.78, 5) is 0. The predicted molar refractivity (Wildman–Crippen MR) is 52.0 cm³/mol. The van der Waals surface area contributed by atoms with Gasteiger partial charge in [-0.15, -0.1) is 0 Å². The Bertz CT molecular complexity index is 191. The third-order valence-corrected chi connectivity index (χ3v) is 1.92. The number of rotatable bonds is 5. The molecule has 1 rings (SSSR count). The molecule has 0 aliphatic carbocycles. The molecule has 66 valence electrons. The normalized spacial score (nSPS) is 28.4. The molecule has 0 amide bonds. The van der Waals surface area contributed by atoms with E-state index in [0.29, 0.717) is 12.2 Å². The zero-order valence-corrected chi connectivity index (χ0v) is 7.57. The first-order chi connectivity index (χ1) is 5.84. The van der Waals surface area contributed by atoms with Gasteiger partial charge in [0.25, 0.3) is 0 Å². The lowest BCUT2D eigenvalue weighted by molar-refractivity contribution is 0.380. The topological polar surface area (TPSA) is 12.5 Å². The van der Waals surface area contributed by atoms with Gasteiger partial charge in [-0.05, 0) is 19.8 Å². The highest BCUT2D eigenvalue weighted by Gasteiger charge is 2.32. The van der Waals surface area contributed by atoms with Gasteiger partial charge in [0.15, 0.2) is 0 Å². The van der Waals surface area contributed by atoms with E-state index in [4.69, 9.17) is 4.74 Å². The van der Waals surface area contributed by atoms with Crippen LogP contribution in [-0.4, -0.2) is 12.2 Å². The standard InChI is InChI=1S/C11H16O/c1-3-4-5-6-7-8-9-11-10(2)12-11/h3-5,7-8,10-11H,1,6,9H2,2H3/b5-4+,8-7+/t10-,11+/m1/s1. The quantitative estimate of drug-likeness (QED) is 0.346. The SMILES string of the molecule is C=C/C=C/C/C=C/C[C@@H]1O[C@@H]1C. The molecule has 1 saturated heterocycles. The second-order valence-corrected chi connectivity index (χ2v) is 2.99. The molecular weight excluding hydrogens is 148 g/mol. The second kappa shape index (κ2) is 4.94. The summed E-state index contributed by atoms with van der Waals surface area (Å²) in [5.41, 5.74) is 0. The number of hydrogen-bond donors (Lipinski definition) is 0. The second-order valence-electron chi connectivity index (χ2n) is 2.99. The maximum Gasteiger partial charge on any atom is 0.0873 e. The van der Waals surface area contributed by atoms with Crippen molar-refractivity contribution in [3.8, 4) is 0 Å². The minimum Gasteiger partial charge on any atom is -0.370 e. The van der Waals surface area contributed by atoms with Crippen molar-refractivity contribution in [2.45, 2.75) is 32.0 Å². The number of hydrogen-bond acceptors (Lipinski definition) is 1. The molecule has 2 atom stereocenters.